The fourth-order valence-electron chi connectivity index (χ4n) is 3.88. The summed E-state index contributed by atoms with van der Waals surface area (Å²) in [5.41, 5.74) is 7.39. The third-order valence-corrected chi connectivity index (χ3v) is 5.19. The molecule has 2 aliphatic heterocycles. The Bertz CT molecular complexity index is 677. The second-order valence-corrected chi connectivity index (χ2v) is 6.71. The average Bonchev–Trinajstić information content (AvgIpc) is 2.72. The van der Waals surface area contributed by atoms with Crippen LogP contribution in [0.2, 0.25) is 5.02 Å². The fourth-order valence-corrected chi connectivity index (χ4v) is 4.08. The summed E-state index contributed by atoms with van der Waals surface area (Å²) in [6, 6.07) is 6.75. The first-order valence-electron chi connectivity index (χ1n) is 8.16. The minimum absolute atomic E-state index is 0.334. The van der Waals surface area contributed by atoms with Crippen molar-refractivity contribution in [2.75, 3.05) is 13.1 Å². The first-order valence-corrected chi connectivity index (χ1v) is 8.54. The van der Waals surface area contributed by atoms with Gasteiger partial charge in [0.2, 0.25) is 0 Å². The van der Waals surface area contributed by atoms with E-state index in [-0.39, 0.29) is 0 Å². The first-order chi connectivity index (χ1) is 10.8. The number of fused-ring (bicyclic) bond motifs is 2. The topological polar surface area (TPSA) is 24.1 Å². The molecule has 1 unspecified atom stereocenters. The van der Waals surface area contributed by atoms with Crippen LogP contribution in [-0.4, -0.2) is 19.1 Å². The van der Waals surface area contributed by atoms with E-state index in [0.29, 0.717) is 6.04 Å². The van der Waals surface area contributed by atoms with Crippen LogP contribution in [0.1, 0.15) is 30.4 Å². The van der Waals surface area contributed by atoms with E-state index in [1.807, 2.05) is 6.07 Å². The van der Waals surface area contributed by atoms with Gasteiger partial charge in [0.05, 0.1) is 6.04 Å². The molecular weight excluding hydrogens is 292 g/mol. The lowest BCUT2D eigenvalue weighted by molar-refractivity contribution is 0.606. The molecule has 0 saturated carbocycles. The number of allylic oxidation sites excluding steroid dienone is 2. The van der Waals surface area contributed by atoms with Crippen LogP contribution >= 0.6 is 11.6 Å². The molecule has 0 radical (unpaired) electrons. The van der Waals surface area contributed by atoms with Crippen LogP contribution in [0.5, 0.6) is 0 Å². The molecule has 3 aliphatic rings. The molecule has 0 bridgehead atoms. The normalized spacial score (nSPS) is 24.0. The van der Waals surface area contributed by atoms with Crippen LogP contribution in [0.3, 0.4) is 0 Å². The van der Waals surface area contributed by atoms with Crippen molar-refractivity contribution in [1.29, 1.82) is 0 Å². The molecule has 2 N–H and O–H groups in total. The number of halogens is 1. The zero-order chi connectivity index (χ0) is 14.9. The van der Waals surface area contributed by atoms with Crippen molar-refractivity contribution in [3.05, 3.63) is 63.8 Å². The van der Waals surface area contributed by atoms with Gasteiger partial charge in [0, 0.05) is 5.02 Å². The predicted molar refractivity (Wildman–Crippen MR) is 92.9 cm³/mol. The van der Waals surface area contributed by atoms with E-state index in [2.05, 4.69) is 41.1 Å². The van der Waals surface area contributed by atoms with Crippen LogP contribution in [-0.2, 0) is 6.42 Å². The smallest absolute Gasteiger partial charge is 0.0730 e. The third kappa shape index (κ3) is 2.51. The standard InChI is InChI=1S/C19H21ClN2/c20-16-5-6-17-15(12-16)4-3-14-2-1-9-22-19(14)18(17)13-7-10-21-11-8-13/h1-2,5-6,9,12,19,21-22H,3-4,7-8,10-11H2. The van der Waals surface area contributed by atoms with Gasteiger partial charge in [-0.2, -0.15) is 0 Å². The maximum absolute atomic E-state index is 6.25. The molecule has 1 saturated heterocycles. The second-order valence-electron chi connectivity index (χ2n) is 6.27. The fraction of sp³-hybridized carbons (Fsp3) is 0.368. The largest absolute Gasteiger partial charge is 0.380 e. The third-order valence-electron chi connectivity index (χ3n) is 4.96. The van der Waals surface area contributed by atoms with Crippen LogP contribution in [0.4, 0.5) is 0 Å². The molecule has 2 nitrogen and oxygen atoms in total. The van der Waals surface area contributed by atoms with Gasteiger partial charge in [0.1, 0.15) is 0 Å². The molecule has 2 heterocycles. The van der Waals surface area contributed by atoms with E-state index in [1.165, 1.54) is 22.3 Å². The average molecular weight is 313 g/mol. The highest BCUT2D eigenvalue weighted by Crippen LogP contribution is 2.38. The summed E-state index contributed by atoms with van der Waals surface area (Å²) in [6.07, 6.45) is 11.0. The molecule has 1 atom stereocenters. The molecule has 0 aromatic heterocycles. The summed E-state index contributed by atoms with van der Waals surface area (Å²) >= 11 is 6.25. The van der Waals surface area contributed by atoms with Gasteiger partial charge in [-0.15, -0.1) is 0 Å². The lowest BCUT2D eigenvalue weighted by Gasteiger charge is -2.29. The van der Waals surface area contributed by atoms with Gasteiger partial charge in [-0.25, -0.2) is 0 Å². The molecule has 0 spiro atoms. The van der Waals surface area contributed by atoms with Crippen LogP contribution in [0.15, 0.2) is 47.7 Å². The summed E-state index contributed by atoms with van der Waals surface area (Å²) < 4.78 is 0. The minimum atomic E-state index is 0.334. The van der Waals surface area contributed by atoms with Gasteiger partial charge in [0.15, 0.2) is 0 Å². The molecule has 3 heteroatoms. The van der Waals surface area contributed by atoms with Crippen molar-refractivity contribution in [2.45, 2.75) is 31.7 Å². The van der Waals surface area contributed by atoms with Gasteiger partial charge in [-0.1, -0.05) is 29.3 Å². The van der Waals surface area contributed by atoms with E-state index in [1.54, 1.807) is 5.57 Å². The van der Waals surface area contributed by atoms with Crippen molar-refractivity contribution < 1.29 is 0 Å². The van der Waals surface area contributed by atoms with Gasteiger partial charge in [0.25, 0.3) is 0 Å². The highest BCUT2D eigenvalue weighted by atomic mass is 35.5. The SMILES string of the molecule is Clc1ccc2c(c1)CCC1=CC=CNC1C2=C1CCNCC1. The molecular formula is C19H21ClN2. The molecule has 1 fully saturated rings. The van der Waals surface area contributed by atoms with E-state index in [4.69, 9.17) is 11.6 Å². The Morgan fingerprint density at radius 3 is 2.77 bits per heavy atom. The maximum Gasteiger partial charge on any atom is 0.0730 e. The lowest BCUT2D eigenvalue weighted by atomic mass is 9.85. The Kier molecular flexibility index (Phi) is 3.81. The van der Waals surface area contributed by atoms with Crippen LogP contribution in [0.25, 0.3) is 5.57 Å². The number of hydrogen-bond donors (Lipinski definition) is 2. The molecule has 0 amide bonds. The molecule has 4 rings (SSSR count). The van der Waals surface area contributed by atoms with Crippen LogP contribution in [0, 0.1) is 0 Å². The first kappa shape index (κ1) is 14.1. The number of aryl methyl sites for hydroxylation is 1. The highest BCUT2D eigenvalue weighted by Gasteiger charge is 2.28. The summed E-state index contributed by atoms with van der Waals surface area (Å²) in [5, 5.41) is 7.92. The van der Waals surface area contributed by atoms with Crippen LogP contribution < -0.4 is 10.6 Å². The number of dihydropyridines is 1. The van der Waals surface area contributed by atoms with Gasteiger partial charge < -0.3 is 10.6 Å². The number of nitrogens with one attached hydrogen (secondary N) is 2. The zero-order valence-electron chi connectivity index (χ0n) is 12.7. The summed E-state index contributed by atoms with van der Waals surface area (Å²) in [7, 11) is 0. The number of piperidine rings is 1. The predicted octanol–water partition coefficient (Wildman–Crippen LogP) is 3.84. The van der Waals surface area contributed by atoms with E-state index >= 15 is 0 Å². The van der Waals surface area contributed by atoms with Gasteiger partial charge in [-0.05, 0) is 85.5 Å². The second kappa shape index (κ2) is 5.94. The molecule has 1 aromatic carbocycles. The minimum Gasteiger partial charge on any atom is -0.380 e. The van der Waals surface area contributed by atoms with Crippen molar-refractivity contribution in [3.63, 3.8) is 0 Å². The monoisotopic (exact) mass is 312 g/mol. The number of rotatable bonds is 0. The summed E-state index contributed by atoms with van der Waals surface area (Å²) in [4.78, 5) is 0. The number of benzene rings is 1. The lowest BCUT2D eigenvalue weighted by Crippen LogP contribution is -2.32. The van der Waals surface area contributed by atoms with Crippen molar-refractivity contribution in [3.8, 4) is 0 Å². The maximum atomic E-state index is 6.25. The van der Waals surface area contributed by atoms with Crippen molar-refractivity contribution in [2.24, 2.45) is 0 Å². The molecule has 1 aliphatic carbocycles. The Morgan fingerprint density at radius 2 is 1.91 bits per heavy atom. The Hall–Kier alpha value is -1.51. The van der Waals surface area contributed by atoms with Gasteiger partial charge >= 0.3 is 0 Å². The van der Waals surface area contributed by atoms with E-state index < -0.39 is 0 Å². The Balaban J connectivity index is 1.89. The molecule has 114 valence electrons. The zero-order valence-corrected chi connectivity index (χ0v) is 13.4. The van der Waals surface area contributed by atoms with E-state index in [0.717, 1.165) is 43.8 Å². The highest BCUT2D eigenvalue weighted by molar-refractivity contribution is 6.30. The Labute approximate surface area is 136 Å². The summed E-state index contributed by atoms with van der Waals surface area (Å²) in [5.74, 6) is 0. The van der Waals surface area contributed by atoms with E-state index in [9.17, 15) is 0 Å². The quantitative estimate of drug-likeness (QED) is 0.760. The number of hydrogen-bond acceptors (Lipinski definition) is 2. The van der Waals surface area contributed by atoms with Crippen molar-refractivity contribution in [1.82, 2.24) is 10.6 Å². The molecule has 1 aromatic rings. The van der Waals surface area contributed by atoms with Gasteiger partial charge in [-0.3, -0.25) is 0 Å². The van der Waals surface area contributed by atoms with Crippen molar-refractivity contribution >= 4 is 17.2 Å². The summed E-state index contributed by atoms with van der Waals surface area (Å²) in [6.45, 7) is 2.17. The Morgan fingerprint density at radius 1 is 1.05 bits per heavy atom. The molecule has 22 heavy (non-hydrogen) atoms.